The van der Waals surface area contributed by atoms with Gasteiger partial charge in [0.2, 0.25) is 0 Å². The summed E-state index contributed by atoms with van der Waals surface area (Å²) in [6, 6.07) is 3.25. The van der Waals surface area contributed by atoms with E-state index < -0.39 is 17.7 Å². The number of phenolic OH excluding ortho intramolecular Hbond substituents is 1. The molecule has 0 atom stereocenters. The number of hydrogen-bond acceptors (Lipinski definition) is 4. The Labute approximate surface area is 110 Å². The average molecular weight is 269 g/mol. The molecule has 1 aromatic carbocycles. The number of halogens is 1. The second-order valence-electron chi connectivity index (χ2n) is 3.79. The van der Waals surface area contributed by atoms with Crippen LogP contribution in [-0.2, 0) is 9.53 Å². The Hall–Kier alpha value is -2.11. The summed E-state index contributed by atoms with van der Waals surface area (Å²) >= 11 is 0. The molecule has 0 aromatic heterocycles. The van der Waals surface area contributed by atoms with Crippen LogP contribution in [0.1, 0.15) is 24.2 Å². The molecule has 0 unspecified atom stereocenters. The molecule has 19 heavy (non-hydrogen) atoms. The number of benzene rings is 1. The predicted molar refractivity (Wildman–Crippen MR) is 66.3 cm³/mol. The van der Waals surface area contributed by atoms with Crippen molar-refractivity contribution >= 4 is 11.9 Å². The first-order valence-corrected chi connectivity index (χ1v) is 5.93. The molecule has 0 aliphatic rings. The Kier molecular flexibility index (Phi) is 5.29. The topological polar surface area (TPSA) is 66.8 Å². The standard InChI is InChI=1S/C13H16FNO4/c1-3-15(8-12(17)19-4-2)13(18)10-6-5-9(16)7-11(10)14/h5-7,16H,3-4,8H2,1-2H3. The molecular weight excluding hydrogens is 253 g/mol. The summed E-state index contributed by atoms with van der Waals surface area (Å²) in [5.41, 5.74) is -0.191. The molecule has 0 spiro atoms. The van der Waals surface area contributed by atoms with E-state index in [1.54, 1.807) is 13.8 Å². The van der Waals surface area contributed by atoms with E-state index in [2.05, 4.69) is 0 Å². The van der Waals surface area contributed by atoms with Crippen LogP contribution in [0.25, 0.3) is 0 Å². The van der Waals surface area contributed by atoms with Crippen LogP contribution in [0.3, 0.4) is 0 Å². The third kappa shape index (κ3) is 3.94. The number of esters is 1. The summed E-state index contributed by atoms with van der Waals surface area (Å²) in [5, 5.41) is 9.09. The molecule has 0 bridgehead atoms. The van der Waals surface area contributed by atoms with Gasteiger partial charge in [-0.1, -0.05) is 0 Å². The van der Waals surface area contributed by atoms with Gasteiger partial charge in [0.1, 0.15) is 18.1 Å². The summed E-state index contributed by atoms with van der Waals surface area (Å²) in [6.07, 6.45) is 0. The molecule has 5 nitrogen and oxygen atoms in total. The fraction of sp³-hybridized carbons (Fsp3) is 0.385. The van der Waals surface area contributed by atoms with Crippen molar-refractivity contribution in [3.05, 3.63) is 29.6 Å². The Morgan fingerprint density at radius 3 is 2.58 bits per heavy atom. The number of aromatic hydroxyl groups is 1. The molecule has 1 amide bonds. The maximum Gasteiger partial charge on any atom is 0.325 e. The zero-order valence-electron chi connectivity index (χ0n) is 10.9. The van der Waals surface area contributed by atoms with Gasteiger partial charge in [0.05, 0.1) is 12.2 Å². The number of phenols is 1. The minimum atomic E-state index is -0.827. The summed E-state index contributed by atoms with van der Waals surface area (Å²) in [5.74, 6) is -2.25. The molecule has 0 saturated carbocycles. The zero-order chi connectivity index (χ0) is 14.4. The minimum Gasteiger partial charge on any atom is -0.508 e. The number of nitrogens with zero attached hydrogens (tertiary/aromatic N) is 1. The van der Waals surface area contributed by atoms with Gasteiger partial charge >= 0.3 is 5.97 Å². The number of hydrogen-bond donors (Lipinski definition) is 1. The number of likely N-dealkylation sites (N-methyl/N-ethyl adjacent to an activating group) is 1. The number of carbonyl (C=O) groups excluding carboxylic acids is 2. The highest BCUT2D eigenvalue weighted by Crippen LogP contribution is 2.16. The fourth-order valence-corrected chi connectivity index (χ4v) is 1.54. The Morgan fingerprint density at radius 1 is 1.37 bits per heavy atom. The molecule has 1 N–H and O–H groups in total. The van der Waals surface area contributed by atoms with Crippen molar-refractivity contribution in [1.82, 2.24) is 4.90 Å². The lowest BCUT2D eigenvalue weighted by Crippen LogP contribution is -2.36. The molecule has 0 saturated heterocycles. The fourth-order valence-electron chi connectivity index (χ4n) is 1.54. The Morgan fingerprint density at radius 2 is 2.05 bits per heavy atom. The lowest BCUT2D eigenvalue weighted by molar-refractivity contribution is -0.143. The monoisotopic (exact) mass is 269 g/mol. The molecule has 0 heterocycles. The minimum absolute atomic E-state index is 0.191. The SMILES string of the molecule is CCOC(=O)CN(CC)C(=O)c1ccc(O)cc1F. The molecular formula is C13H16FNO4. The maximum atomic E-state index is 13.6. The van der Waals surface area contributed by atoms with Crippen LogP contribution in [0.5, 0.6) is 5.75 Å². The molecule has 6 heteroatoms. The van der Waals surface area contributed by atoms with Crippen LogP contribution >= 0.6 is 0 Å². The quantitative estimate of drug-likeness (QED) is 0.824. The Bertz CT molecular complexity index is 476. The van der Waals surface area contributed by atoms with Gasteiger partial charge in [0.25, 0.3) is 5.91 Å². The van der Waals surface area contributed by atoms with Gasteiger partial charge in [0, 0.05) is 12.6 Å². The van der Waals surface area contributed by atoms with Crippen molar-refractivity contribution in [3.63, 3.8) is 0 Å². The summed E-state index contributed by atoms with van der Waals surface area (Å²) in [4.78, 5) is 24.6. The van der Waals surface area contributed by atoms with Crippen molar-refractivity contribution in [2.45, 2.75) is 13.8 Å². The third-order valence-corrected chi connectivity index (χ3v) is 2.48. The molecule has 0 fully saturated rings. The van der Waals surface area contributed by atoms with Crippen LogP contribution in [0.4, 0.5) is 4.39 Å². The van der Waals surface area contributed by atoms with Crippen LogP contribution in [-0.4, -0.2) is 41.6 Å². The van der Waals surface area contributed by atoms with E-state index in [4.69, 9.17) is 9.84 Å². The van der Waals surface area contributed by atoms with Gasteiger partial charge < -0.3 is 14.7 Å². The summed E-state index contributed by atoms with van der Waals surface area (Å²) in [7, 11) is 0. The molecule has 1 aromatic rings. The van der Waals surface area contributed by atoms with Gasteiger partial charge in [-0.15, -0.1) is 0 Å². The second-order valence-corrected chi connectivity index (χ2v) is 3.79. The van der Waals surface area contributed by atoms with E-state index in [0.717, 1.165) is 6.07 Å². The van der Waals surface area contributed by atoms with Crippen molar-refractivity contribution < 1.29 is 23.8 Å². The van der Waals surface area contributed by atoms with Gasteiger partial charge in [0.15, 0.2) is 0 Å². The number of ether oxygens (including phenoxy) is 1. The zero-order valence-corrected chi connectivity index (χ0v) is 10.9. The van der Waals surface area contributed by atoms with Gasteiger partial charge in [-0.3, -0.25) is 9.59 Å². The van der Waals surface area contributed by atoms with Crippen LogP contribution in [0.2, 0.25) is 0 Å². The van der Waals surface area contributed by atoms with Crippen molar-refractivity contribution in [2.75, 3.05) is 19.7 Å². The highest BCUT2D eigenvalue weighted by molar-refractivity contribution is 5.96. The van der Waals surface area contributed by atoms with E-state index in [1.165, 1.54) is 17.0 Å². The molecule has 0 aliphatic heterocycles. The number of rotatable bonds is 5. The molecule has 0 radical (unpaired) electrons. The van der Waals surface area contributed by atoms with E-state index >= 15 is 0 Å². The van der Waals surface area contributed by atoms with Crippen LogP contribution in [0.15, 0.2) is 18.2 Å². The second kappa shape index (κ2) is 6.72. The van der Waals surface area contributed by atoms with Crippen molar-refractivity contribution in [1.29, 1.82) is 0 Å². The summed E-state index contributed by atoms with van der Waals surface area (Å²) in [6.45, 7) is 3.57. The highest BCUT2D eigenvalue weighted by Gasteiger charge is 2.21. The van der Waals surface area contributed by atoms with E-state index in [0.29, 0.717) is 0 Å². The summed E-state index contributed by atoms with van der Waals surface area (Å²) < 4.78 is 18.3. The van der Waals surface area contributed by atoms with Gasteiger partial charge in [-0.05, 0) is 26.0 Å². The first-order chi connectivity index (χ1) is 8.99. The number of amides is 1. The van der Waals surface area contributed by atoms with Crippen LogP contribution < -0.4 is 0 Å². The lowest BCUT2D eigenvalue weighted by Gasteiger charge is -2.20. The van der Waals surface area contributed by atoms with Crippen LogP contribution in [0, 0.1) is 5.82 Å². The van der Waals surface area contributed by atoms with Crippen molar-refractivity contribution in [2.24, 2.45) is 0 Å². The third-order valence-electron chi connectivity index (χ3n) is 2.48. The smallest absolute Gasteiger partial charge is 0.325 e. The van der Waals surface area contributed by atoms with Gasteiger partial charge in [-0.2, -0.15) is 0 Å². The molecule has 104 valence electrons. The predicted octanol–water partition coefficient (Wildman–Crippen LogP) is 1.56. The Balaban J connectivity index is 2.86. The lowest BCUT2D eigenvalue weighted by atomic mass is 10.1. The van der Waals surface area contributed by atoms with Crippen molar-refractivity contribution in [3.8, 4) is 5.75 Å². The first-order valence-electron chi connectivity index (χ1n) is 5.93. The maximum absolute atomic E-state index is 13.6. The number of carbonyl (C=O) groups is 2. The highest BCUT2D eigenvalue weighted by atomic mass is 19.1. The van der Waals surface area contributed by atoms with E-state index in [-0.39, 0.29) is 31.0 Å². The largest absolute Gasteiger partial charge is 0.508 e. The first kappa shape index (κ1) is 14.9. The molecule has 1 rings (SSSR count). The normalized spacial score (nSPS) is 10.1. The average Bonchev–Trinajstić information content (AvgIpc) is 2.35. The van der Waals surface area contributed by atoms with E-state index in [1.807, 2.05) is 0 Å². The van der Waals surface area contributed by atoms with Gasteiger partial charge in [-0.25, -0.2) is 4.39 Å². The molecule has 0 aliphatic carbocycles. The van der Waals surface area contributed by atoms with E-state index in [9.17, 15) is 14.0 Å².